The van der Waals surface area contributed by atoms with Crippen LogP contribution in [-0.4, -0.2) is 50.1 Å². The number of unbranched alkanes of at least 4 members (excludes halogenated alkanes) is 1. The summed E-state index contributed by atoms with van der Waals surface area (Å²) in [6.45, 7) is 1.94. The molecule has 4 nitrogen and oxygen atoms in total. The molecule has 98 valence electrons. The van der Waals surface area contributed by atoms with E-state index in [1.54, 1.807) is 0 Å². The Morgan fingerprint density at radius 2 is 2.18 bits per heavy atom. The molecule has 0 aromatic rings. The van der Waals surface area contributed by atoms with Crippen LogP contribution in [0.15, 0.2) is 0 Å². The molecule has 0 spiro atoms. The second kappa shape index (κ2) is 5.83. The Labute approximate surface area is 104 Å². The van der Waals surface area contributed by atoms with Crippen molar-refractivity contribution in [3.8, 4) is 0 Å². The fraction of sp³-hybridized carbons (Fsp3) is 0.923. The van der Waals surface area contributed by atoms with Crippen molar-refractivity contribution >= 4 is 5.91 Å². The number of rotatable bonds is 6. The number of nitrogens with zero attached hydrogens (tertiary/aromatic N) is 1. The third-order valence-electron chi connectivity index (χ3n) is 3.97. The first-order chi connectivity index (χ1) is 8.16. The number of carbonyl (C=O) groups is 1. The molecule has 1 amide bonds. The van der Waals surface area contributed by atoms with Crippen LogP contribution in [0.5, 0.6) is 0 Å². The van der Waals surface area contributed by atoms with E-state index in [0.717, 1.165) is 32.4 Å². The molecule has 17 heavy (non-hydrogen) atoms. The highest BCUT2D eigenvalue weighted by Crippen LogP contribution is 2.33. The quantitative estimate of drug-likeness (QED) is 0.667. The molecule has 2 N–H and O–H groups in total. The molecule has 0 radical (unpaired) electrons. The molecule has 3 atom stereocenters. The van der Waals surface area contributed by atoms with Crippen LogP contribution in [0.25, 0.3) is 0 Å². The fourth-order valence-electron chi connectivity index (χ4n) is 3.01. The Hall–Kier alpha value is -0.610. The minimum absolute atomic E-state index is 0.239. The van der Waals surface area contributed by atoms with E-state index in [1.807, 2.05) is 0 Å². The first kappa shape index (κ1) is 12.8. The van der Waals surface area contributed by atoms with Crippen molar-refractivity contribution in [2.45, 2.75) is 44.2 Å². The van der Waals surface area contributed by atoms with E-state index in [0.29, 0.717) is 12.1 Å². The predicted molar refractivity (Wildman–Crippen MR) is 68.9 cm³/mol. The second-order valence-corrected chi connectivity index (χ2v) is 5.69. The molecule has 2 bridgehead atoms. The van der Waals surface area contributed by atoms with Gasteiger partial charge in [0, 0.05) is 18.6 Å². The van der Waals surface area contributed by atoms with Crippen molar-refractivity contribution in [1.82, 2.24) is 15.5 Å². The molecule has 4 heteroatoms. The van der Waals surface area contributed by atoms with Crippen LogP contribution in [0.1, 0.15) is 32.1 Å². The maximum atomic E-state index is 12.0. The maximum Gasteiger partial charge on any atom is 0.224 e. The summed E-state index contributed by atoms with van der Waals surface area (Å²) < 4.78 is 0. The summed E-state index contributed by atoms with van der Waals surface area (Å²) in [5, 5.41) is 6.59. The van der Waals surface area contributed by atoms with Crippen molar-refractivity contribution in [2.24, 2.45) is 5.92 Å². The lowest BCUT2D eigenvalue weighted by molar-refractivity contribution is -0.125. The molecule has 2 aliphatic rings. The van der Waals surface area contributed by atoms with Gasteiger partial charge in [0.05, 0.1) is 5.92 Å². The summed E-state index contributed by atoms with van der Waals surface area (Å²) in [4.78, 5) is 14.2. The zero-order chi connectivity index (χ0) is 12.3. The highest BCUT2D eigenvalue weighted by Gasteiger charge is 2.42. The van der Waals surface area contributed by atoms with Gasteiger partial charge in [0.2, 0.25) is 5.91 Å². The van der Waals surface area contributed by atoms with Crippen molar-refractivity contribution < 1.29 is 4.79 Å². The third-order valence-corrected chi connectivity index (χ3v) is 3.97. The molecule has 2 rings (SSSR count). The third kappa shape index (κ3) is 3.42. The van der Waals surface area contributed by atoms with E-state index in [-0.39, 0.29) is 11.8 Å². The van der Waals surface area contributed by atoms with Gasteiger partial charge in [0.15, 0.2) is 0 Å². The molecule has 2 aliphatic heterocycles. The first-order valence-corrected chi connectivity index (χ1v) is 6.85. The van der Waals surface area contributed by atoms with Crippen LogP contribution < -0.4 is 10.6 Å². The molecule has 2 saturated heterocycles. The number of fused-ring (bicyclic) bond motifs is 2. The van der Waals surface area contributed by atoms with Crippen LogP contribution in [-0.2, 0) is 4.79 Å². The van der Waals surface area contributed by atoms with E-state index in [4.69, 9.17) is 0 Å². The van der Waals surface area contributed by atoms with Gasteiger partial charge in [0.25, 0.3) is 0 Å². The van der Waals surface area contributed by atoms with Gasteiger partial charge in [-0.05, 0) is 52.7 Å². The average Bonchev–Trinajstić information content (AvgIpc) is 2.89. The van der Waals surface area contributed by atoms with E-state index < -0.39 is 0 Å². The normalized spacial score (nSPS) is 31.1. The van der Waals surface area contributed by atoms with Gasteiger partial charge in [-0.3, -0.25) is 4.79 Å². The van der Waals surface area contributed by atoms with Crippen molar-refractivity contribution in [1.29, 1.82) is 0 Å². The predicted octanol–water partition coefficient (Wildman–Crippen LogP) is 0.585. The Bertz CT molecular complexity index is 267. The summed E-state index contributed by atoms with van der Waals surface area (Å²) >= 11 is 0. The summed E-state index contributed by atoms with van der Waals surface area (Å²) in [5.41, 5.74) is 0. The number of amides is 1. The number of carbonyl (C=O) groups excluding carboxylic acids is 1. The summed E-state index contributed by atoms with van der Waals surface area (Å²) in [6.07, 6.45) is 5.73. The molecule has 0 aliphatic carbocycles. The van der Waals surface area contributed by atoms with Gasteiger partial charge < -0.3 is 15.5 Å². The van der Waals surface area contributed by atoms with Gasteiger partial charge >= 0.3 is 0 Å². The standard InChI is InChI=1S/C13H25N3O/c1-16(2)8-4-3-7-14-13(17)11-9-10-5-6-12(11)15-10/h10-12,15H,3-9H2,1-2H3,(H,14,17). The lowest BCUT2D eigenvalue weighted by Crippen LogP contribution is -2.38. The molecule has 2 heterocycles. The average molecular weight is 239 g/mol. The Kier molecular flexibility index (Phi) is 4.40. The lowest BCUT2D eigenvalue weighted by atomic mass is 9.88. The van der Waals surface area contributed by atoms with Gasteiger partial charge in [-0.25, -0.2) is 0 Å². The summed E-state index contributed by atoms with van der Waals surface area (Å²) in [7, 11) is 4.17. The largest absolute Gasteiger partial charge is 0.356 e. The molecule has 0 aromatic carbocycles. The SMILES string of the molecule is CN(C)CCCCNC(=O)C1CC2CCC1N2. The number of hydrogen-bond acceptors (Lipinski definition) is 3. The van der Waals surface area contributed by atoms with E-state index in [2.05, 4.69) is 29.6 Å². The smallest absolute Gasteiger partial charge is 0.224 e. The maximum absolute atomic E-state index is 12.0. The fourth-order valence-corrected chi connectivity index (χ4v) is 3.01. The zero-order valence-electron chi connectivity index (χ0n) is 11.0. The van der Waals surface area contributed by atoms with E-state index in [9.17, 15) is 4.79 Å². The monoisotopic (exact) mass is 239 g/mol. The molecule has 2 fully saturated rings. The van der Waals surface area contributed by atoms with Crippen molar-refractivity contribution in [3.63, 3.8) is 0 Å². The lowest BCUT2D eigenvalue weighted by Gasteiger charge is -2.19. The minimum atomic E-state index is 0.239. The first-order valence-electron chi connectivity index (χ1n) is 6.85. The molecular weight excluding hydrogens is 214 g/mol. The van der Waals surface area contributed by atoms with Crippen LogP contribution in [0.3, 0.4) is 0 Å². The second-order valence-electron chi connectivity index (χ2n) is 5.69. The molecule has 0 saturated carbocycles. The highest BCUT2D eigenvalue weighted by atomic mass is 16.1. The minimum Gasteiger partial charge on any atom is -0.356 e. The highest BCUT2D eigenvalue weighted by molar-refractivity contribution is 5.80. The Morgan fingerprint density at radius 3 is 2.76 bits per heavy atom. The van der Waals surface area contributed by atoms with E-state index >= 15 is 0 Å². The molecule has 3 unspecified atom stereocenters. The van der Waals surface area contributed by atoms with Crippen LogP contribution in [0.4, 0.5) is 0 Å². The van der Waals surface area contributed by atoms with Crippen LogP contribution >= 0.6 is 0 Å². The van der Waals surface area contributed by atoms with Crippen LogP contribution in [0, 0.1) is 5.92 Å². The molecular formula is C13H25N3O. The number of nitrogens with one attached hydrogen (secondary N) is 2. The Balaban J connectivity index is 1.58. The number of hydrogen-bond donors (Lipinski definition) is 2. The van der Waals surface area contributed by atoms with Gasteiger partial charge in [-0.2, -0.15) is 0 Å². The van der Waals surface area contributed by atoms with Crippen molar-refractivity contribution in [3.05, 3.63) is 0 Å². The topological polar surface area (TPSA) is 44.4 Å². The zero-order valence-corrected chi connectivity index (χ0v) is 11.0. The van der Waals surface area contributed by atoms with Crippen molar-refractivity contribution in [2.75, 3.05) is 27.2 Å². The van der Waals surface area contributed by atoms with Gasteiger partial charge in [-0.15, -0.1) is 0 Å². The van der Waals surface area contributed by atoms with Gasteiger partial charge in [0.1, 0.15) is 0 Å². The summed E-state index contributed by atoms with van der Waals surface area (Å²) in [5.74, 6) is 0.511. The summed E-state index contributed by atoms with van der Waals surface area (Å²) in [6, 6.07) is 1.08. The van der Waals surface area contributed by atoms with Crippen LogP contribution in [0.2, 0.25) is 0 Å². The molecule has 0 aromatic heterocycles. The Morgan fingerprint density at radius 1 is 1.35 bits per heavy atom. The van der Waals surface area contributed by atoms with E-state index in [1.165, 1.54) is 12.8 Å². The van der Waals surface area contributed by atoms with Gasteiger partial charge in [-0.1, -0.05) is 0 Å².